The van der Waals surface area contributed by atoms with Crippen LogP contribution in [0.15, 0.2) is 85.5 Å². The Morgan fingerprint density at radius 2 is 1.24 bits per heavy atom. The number of carboxylic acids is 3. The van der Waals surface area contributed by atoms with Gasteiger partial charge in [-0.15, -0.1) is 18.3 Å². The molecule has 1 unspecified atom stereocenters. The smallest absolute Gasteiger partial charge is 0.335 e. The maximum absolute atomic E-state index is 13.0. The molecule has 0 radical (unpaired) electrons. The van der Waals surface area contributed by atoms with Crippen LogP contribution in [0.4, 0.5) is 0 Å². The number of ether oxygens (including phenoxy) is 1. The van der Waals surface area contributed by atoms with Crippen LogP contribution < -0.4 is 0 Å². The molecular weight excluding hydrogens is 661 g/mol. The highest BCUT2D eigenvalue weighted by Crippen LogP contribution is 2.56. The average Bonchev–Trinajstić information content (AvgIpc) is 3.07. The van der Waals surface area contributed by atoms with Crippen molar-refractivity contribution < 1.29 is 43.7 Å². The first kappa shape index (κ1) is 37.8. The zero-order chi connectivity index (χ0) is 36.1. The molecule has 0 spiro atoms. The minimum Gasteiger partial charge on any atom is -0.478 e. The lowest BCUT2D eigenvalue weighted by Gasteiger charge is -2.47. The molecule has 1 aliphatic rings. The third kappa shape index (κ3) is 8.24. The predicted octanol–water partition coefficient (Wildman–Crippen LogP) is 7.91. The standard InChI is InChI=1S/C38H44O9SSi/c1-7-23(21-46-49(5,6)38(2,3)4)22-48-37-33(26-16-10-13-19-29(26)36(44)45)32(25-15-9-12-18-28(25)35(42)43)31(30(20-39)47-37)24-14-8-11-17-27(24)34(40)41/h7-20,23,30-33,37H,1,21-22H2,2-6H3,(H,40,41)(H,42,43)(H,44,45)/t23?,30-,31-,32+,33+,37-/m1/s1. The van der Waals surface area contributed by atoms with Gasteiger partial charge in [-0.3, -0.25) is 0 Å². The highest BCUT2D eigenvalue weighted by Gasteiger charge is 2.50. The third-order valence-electron chi connectivity index (χ3n) is 9.77. The van der Waals surface area contributed by atoms with Gasteiger partial charge < -0.3 is 29.3 Å². The molecule has 1 heterocycles. The second-order valence-electron chi connectivity index (χ2n) is 13.8. The van der Waals surface area contributed by atoms with Gasteiger partial charge in [-0.1, -0.05) is 81.4 Å². The number of carbonyl (C=O) groups is 4. The van der Waals surface area contributed by atoms with Crippen molar-refractivity contribution in [2.45, 2.75) is 68.2 Å². The lowest BCUT2D eigenvalue weighted by molar-refractivity contribution is -0.126. The van der Waals surface area contributed by atoms with E-state index in [4.69, 9.17) is 9.16 Å². The Kier molecular flexibility index (Phi) is 12.1. The van der Waals surface area contributed by atoms with Gasteiger partial charge in [0.15, 0.2) is 8.32 Å². The van der Waals surface area contributed by atoms with E-state index in [-0.39, 0.29) is 33.2 Å². The van der Waals surface area contributed by atoms with Gasteiger partial charge in [-0.2, -0.15) is 0 Å². The maximum Gasteiger partial charge on any atom is 0.335 e. The summed E-state index contributed by atoms with van der Waals surface area (Å²) in [5.41, 5.74) is 0.0595. The third-order valence-corrected chi connectivity index (χ3v) is 15.6. The second kappa shape index (κ2) is 15.7. The molecule has 11 heteroatoms. The summed E-state index contributed by atoms with van der Waals surface area (Å²) in [6, 6.07) is 19.1. The largest absolute Gasteiger partial charge is 0.478 e. The highest BCUT2D eigenvalue weighted by molar-refractivity contribution is 7.99. The monoisotopic (exact) mass is 704 g/mol. The second-order valence-corrected chi connectivity index (χ2v) is 19.7. The highest BCUT2D eigenvalue weighted by atomic mass is 32.2. The molecule has 0 aromatic heterocycles. The Balaban J connectivity index is 1.93. The molecule has 1 aliphatic heterocycles. The molecule has 0 amide bonds. The van der Waals surface area contributed by atoms with Crippen LogP contribution in [0.3, 0.4) is 0 Å². The summed E-state index contributed by atoms with van der Waals surface area (Å²) in [5, 5.41) is 30.9. The topological polar surface area (TPSA) is 147 Å². The molecule has 1 saturated heterocycles. The lowest BCUT2D eigenvalue weighted by atomic mass is 9.66. The Morgan fingerprint density at radius 3 is 1.65 bits per heavy atom. The van der Waals surface area contributed by atoms with Crippen molar-refractivity contribution in [1.82, 2.24) is 0 Å². The first-order chi connectivity index (χ1) is 23.1. The summed E-state index contributed by atoms with van der Waals surface area (Å²) in [4.78, 5) is 50.9. The molecule has 3 aromatic carbocycles. The van der Waals surface area contributed by atoms with Crippen molar-refractivity contribution in [3.63, 3.8) is 0 Å². The summed E-state index contributed by atoms with van der Waals surface area (Å²) in [5.74, 6) is -5.98. The number of benzene rings is 3. The fraction of sp³-hybridized carbons (Fsp3) is 0.368. The van der Waals surface area contributed by atoms with Crippen molar-refractivity contribution in [3.05, 3.63) is 119 Å². The fourth-order valence-corrected chi connectivity index (χ4v) is 8.62. The van der Waals surface area contributed by atoms with Gasteiger partial charge in [-0.05, 0) is 53.0 Å². The molecular formula is C38H44O9SSi. The fourth-order valence-electron chi connectivity index (χ4n) is 6.16. The molecule has 49 heavy (non-hydrogen) atoms. The van der Waals surface area contributed by atoms with Gasteiger partial charge in [-0.25, -0.2) is 14.4 Å². The van der Waals surface area contributed by atoms with Crippen molar-refractivity contribution >= 4 is 44.3 Å². The molecule has 3 aromatic rings. The van der Waals surface area contributed by atoms with Crippen LogP contribution in [0, 0.1) is 5.92 Å². The van der Waals surface area contributed by atoms with Crippen molar-refractivity contribution in [2.75, 3.05) is 12.4 Å². The number of aldehydes is 1. The summed E-state index contributed by atoms with van der Waals surface area (Å²) < 4.78 is 13.1. The molecule has 6 atom stereocenters. The molecule has 9 nitrogen and oxygen atoms in total. The minimum atomic E-state index is -2.09. The number of hydrogen-bond donors (Lipinski definition) is 3. The van der Waals surface area contributed by atoms with E-state index in [9.17, 15) is 34.5 Å². The first-order valence-corrected chi connectivity index (χ1v) is 20.0. The molecule has 0 aliphatic carbocycles. The van der Waals surface area contributed by atoms with Gasteiger partial charge >= 0.3 is 17.9 Å². The summed E-state index contributed by atoms with van der Waals surface area (Å²) in [6.07, 6.45) is 1.24. The van der Waals surface area contributed by atoms with Crippen LogP contribution in [0.1, 0.15) is 86.3 Å². The zero-order valence-corrected chi connectivity index (χ0v) is 30.2. The van der Waals surface area contributed by atoms with E-state index in [1.807, 2.05) is 6.08 Å². The van der Waals surface area contributed by atoms with Crippen LogP contribution in [-0.4, -0.2) is 71.7 Å². The lowest BCUT2D eigenvalue weighted by Crippen LogP contribution is -2.45. The van der Waals surface area contributed by atoms with E-state index in [1.54, 1.807) is 54.6 Å². The number of aromatic carboxylic acids is 3. The summed E-state index contributed by atoms with van der Waals surface area (Å²) >= 11 is 1.38. The predicted molar refractivity (Wildman–Crippen MR) is 192 cm³/mol. The van der Waals surface area contributed by atoms with Crippen molar-refractivity contribution in [3.8, 4) is 0 Å². The van der Waals surface area contributed by atoms with E-state index < -0.39 is 55.5 Å². The van der Waals surface area contributed by atoms with Gasteiger partial charge in [0.1, 0.15) is 17.8 Å². The van der Waals surface area contributed by atoms with E-state index in [0.29, 0.717) is 29.8 Å². The van der Waals surface area contributed by atoms with Crippen LogP contribution >= 0.6 is 11.8 Å². The van der Waals surface area contributed by atoms with Gasteiger partial charge in [0, 0.05) is 36.0 Å². The van der Waals surface area contributed by atoms with Gasteiger partial charge in [0.25, 0.3) is 0 Å². The molecule has 0 bridgehead atoms. The van der Waals surface area contributed by atoms with Crippen molar-refractivity contribution in [1.29, 1.82) is 0 Å². The Bertz CT molecular complexity index is 1700. The summed E-state index contributed by atoms with van der Waals surface area (Å²) in [6.45, 7) is 15.2. The quantitative estimate of drug-likeness (QED) is 0.0859. The first-order valence-electron chi connectivity index (χ1n) is 16.1. The van der Waals surface area contributed by atoms with Crippen LogP contribution in [0.25, 0.3) is 0 Å². The number of rotatable bonds is 14. The van der Waals surface area contributed by atoms with E-state index >= 15 is 0 Å². The molecule has 4 rings (SSSR count). The van der Waals surface area contributed by atoms with Crippen LogP contribution in [-0.2, 0) is 14.0 Å². The number of thioether (sulfide) groups is 1. The normalized spacial score (nSPS) is 21.8. The van der Waals surface area contributed by atoms with Crippen molar-refractivity contribution in [2.24, 2.45) is 5.92 Å². The zero-order valence-electron chi connectivity index (χ0n) is 28.4. The van der Waals surface area contributed by atoms with Gasteiger partial charge in [0.2, 0.25) is 0 Å². The van der Waals surface area contributed by atoms with E-state index in [2.05, 4.69) is 40.4 Å². The minimum absolute atomic E-state index is 0.00383. The molecule has 3 N–H and O–H groups in total. The number of carboxylic acid groups (broad SMARTS) is 3. The van der Waals surface area contributed by atoms with Crippen LogP contribution in [0.2, 0.25) is 18.1 Å². The Labute approximate surface area is 292 Å². The number of carbonyl (C=O) groups excluding carboxylic acids is 1. The summed E-state index contributed by atoms with van der Waals surface area (Å²) in [7, 11) is -2.09. The molecule has 1 fully saturated rings. The number of hydrogen-bond acceptors (Lipinski definition) is 7. The average molecular weight is 705 g/mol. The van der Waals surface area contributed by atoms with E-state index in [0.717, 1.165) is 0 Å². The Morgan fingerprint density at radius 1 is 0.816 bits per heavy atom. The SMILES string of the molecule is C=CC(CO[Si](C)(C)C(C)(C)C)CS[C@H]1O[C@H](C=O)[C@@H](c2ccccc2C(=O)O)[C@H](c2ccccc2C(=O)O)[C@@H]1c1ccccc1C(=O)O. The molecule has 0 saturated carbocycles. The molecule has 260 valence electrons. The Hall–Kier alpha value is -4.03. The maximum atomic E-state index is 13.0. The van der Waals surface area contributed by atoms with Crippen LogP contribution in [0.5, 0.6) is 0 Å². The van der Waals surface area contributed by atoms with Gasteiger partial charge in [0.05, 0.1) is 16.7 Å². The van der Waals surface area contributed by atoms with E-state index in [1.165, 1.54) is 30.0 Å².